The number of aryl methyl sites for hydroxylation is 2. The first kappa shape index (κ1) is 18.4. The van der Waals surface area contributed by atoms with Crippen molar-refractivity contribution in [1.29, 1.82) is 0 Å². The molecule has 1 N–H and O–H groups in total. The van der Waals surface area contributed by atoms with Crippen LogP contribution in [0.2, 0.25) is 0 Å². The standard InChI is InChI=1S/C17H13N3O6S/c1-9-3-4-11(7-13(9)20(23)24)14-6-5-12(26-14)8-15(16(21)22)27-17-19-18-10(2)25-17/h3-8H,1-2H3,(H,21,22)/b15-8+. The Morgan fingerprint density at radius 2 is 2.00 bits per heavy atom. The highest BCUT2D eigenvalue weighted by molar-refractivity contribution is 8.03. The van der Waals surface area contributed by atoms with E-state index in [1.165, 1.54) is 12.1 Å². The first-order chi connectivity index (χ1) is 12.8. The molecular weight excluding hydrogens is 374 g/mol. The third-order valence-electron chi connectivity index (χ3n) is 3.51. The topological polar surface area (TPSA) is 132 Å². The second-order valence-corrected chi connectivity index (χ2v) is 6.46. The summed E-state index contributed by atoms with van der Waals surface area (Å²) in [5.41, 5.74) is 1.04. The molecule has 0 aliphatic heterocycles. The van der Waals surface area contributed by atoms with Crippen molar-refractivity contribution in [3.63, 3.8) is 0 Å². The highest BCUT2D eigenvalue weighted by Gasteiger charge is 2.17. The SMILES string of the molecule is Cc1nnc(S/C(=C/c2ccc(-c3ccc(C)c([N+](=O)[O-])c3)o2)C(=O)O)o1. The molecule has 2 heterocycles. The van der Waals surface area contributed by atoms with Crippen molar-refractivity contribution >= 4 is 29.5 Å². The third kappa shape index (κ3) is 4.23. The van der Waals surface area contributed by atoms with Crippen LogP contribution in [-0.4, -0.2) is 26.2 Å². The van der Waals surface area contributed by atoms with Crippen molar-refractivity contribution in [3.05, 3.63) is 62.6 Å². The number of thioether (sulfide) groups is 1. The number of rotatable bonds is 6. The second kappa shape index (κ2) is 7.46. The molecule has 9 nitrogen and oxygen atoms in total. The Morgan fingerprint density at radius 1 is 1.22 bits per heavy atom. The van der Waals surface area contributed by atoms with Crippen LogP contribution in [0.25, 0.3) is 17.4 Å². The van der Waals surface area contributed by atoms with Crippen molar-refractivity contribution in [2.24, 2.45) is 0 Å². The van der Waals surface area contributed by atoms with Gasteiger partial charge in [0.15, 0.2) is 0 Å². The molecule has 0 amide bonds. The van der Waals surface area contributed by atoms with Crippen molar-refractivity contribution in [1.82, 2.24) is 10.2 Å². The third-order valence-corrected chi connectivity index (χ3v) is 4.36. The molecule has 0 aliphatic rings. The Kier molecular flexibility index (Phi) is 5.08. The lowest BCUT2D eigenvalue weighted by molar-refractivity contribution is -0.385. The molecular formula is C17H13N3O6S. The van der Waals surface area contributed by atoms with Gasteiger partial charge in [-0.2, -0.15) is 0 Å². The highest BCUT2D eigenvalue weighted by atomic mass is 32.2. The van der Waals surface area contributed by atoms with Gasteiger partial charge in [0.25, 0.3) is 10.9 Å². The maximum Gasteiger partial charge on any atom is 0.342 e. The summed E-state index contributed by atoms with van der Waals surface area (Å²) < 4.78 is 10.8. The summed E-state index contributed by atoms with van der Waals surface area (Å²) in [5.74, 6) is -0.203. The van der Waals surface area contributed by atoms with E-state index in [1.807, 2.05) is 0 Å². The molecule has 3 aromatic rings. The van der Waals surface area contributed by atoms with Gasteiger partial charge in [0, 0.05) is 30.2 Å². The molecule has 2 aromatic heterocycles. The fourth-order valence-corrected chi connectivity index (χ4v) is 2.92. The Bertz CT molecular complexity index is 1050. The average Bonchev–Trinajstić information content (AvgIpc) is 3.23. The average molecular weight is 387 g/mol. The van der Waals surface area contributed by atoms with E-state index in [9.17, 15) is 20.0 Å². The molecule has 0 fully saturated rings. The summed E-state index contributed by atoms with van der Waals surface area (Å²) in [6.07, 6.45) is 1.32. The van der Waals surface area contributed by atoms with Gasteiger partial charge in [0.1, 0.15) is 16.4 Å². The molecule has 27 heavy (non-hydrogen) atoms. The number of hydrogen-bond acceptors (Lipinski definition) is 8. The van der Waals surface area contributed by atoms with Gasteiger partial charge in [0.05, 0.1) is 4.92 Å². The molecule has 0 saturated heterocycles. The van der Waals surface area contributed by atoms with Gasteiger partial charge in [0.2, 0.25) is 5.89 Å². The van der Waals surface area contributed by atoms with Crippen molar-refractivity contribution in [2.45, 2.75) is 19.1 Å². The van der Waals surface area contributed by atoms with Gasteiger partial charge in [-0.15, -0.1) is 10.2 Å². The maximum atomic E-state index is 11.5. The van der Waals surface area contributed by atoms with E-state index in [1.54, 1.807) is 38.1 Å². The molecule has 0 aliphatic carbocycles. The molecule has 0 unspecified atom stereocenters. The van der Waals surface area contributed by atoms with Crippen molar-refractivity contribution < 1.29 is 23.7 Å². The van der Waals surface area contributed by atoms with Gasteiger partial charge >= 0.3 is 5.97 Å². The predicted octanol–water partition coefficient (Wildman–Crippen LogP) is 4.07. The molecule has 138 valence electrons. The van der Waals surface area contributed by atoms with Crippen molar-refractivity contribution in [2.75, 3.05) is 0 Å². The number of carbonyl (C=O) groups is 1. The van der Waals surface area contributed by atoms with Gasteiger partial charge in [-0.05, 0) is 30.8 Å². The van der Waals surface area contributed by atoms with Crippen molar-refractivity contribution in [3.8, 4) is 11.3 Å². The predicted molar refractivity (Wildman–Crippen MR) is 96.0 cm³/mol. The molecule has 0 saturated carbocycles. The molecule has 0 atom stereocenters. The number of furan rings is 1. The number of aliphatic carboxylic acids is 1. The van der Waals surface area contributed by atoms with Gasteiger partial charge in [-0.25, -0.2) is 4.79 Å². The fourth-order valence-electron chi connectivity index (χ4n) is 2.22. The summed E-state index contributed by atoms with van der Waals surface area (Å²) in [7, 11) is 0. The first-order valence-corrected chi connectivity index (χ1v) is 8.43. The largest absolute Gasteiger partial charge is 0.477 e. The lowest BCUT2D eigenvalue weighted by atomic mass is 10.1. The van der Waals surface area contributed by atoms with Gasteiger partial charge in [-0.3, -0.25) is 10.1 Å². The van der Waals surface area contributed by atoms with Crippen LogP contribution < -0.4 is 0 Å². The number of nitrogens with zero attached hydrogens (tertiary/aromatic N) is 3. The van der Waals surface area contributed by atoms with Crippen LogP contribution in [0.1, 0.15) is 17.2 Å². The highest BCUT2D eigenvalue weighted by Crippen LogP contribution is 2.31. The molecule has 10 heteroatoms. The summed E-state index contributed by atoms with van der Waals surface area (Å²) in [6.45, 7) is 3.24. The van der Waals surface area contributed by atoms with Crippen LogP contribution in [0.3, 0.4) is 0 Å². The zero-order chi connectivity index (χ0) is 19.6. The lowest BCUT2D eigenvalue weighted by Gasteiger charge is -2.00. The normalized spacial score (nSPS) is 11.6. The van der Waals surface area contributed by atoms with E-state index in [-0.39, 0.29) is 21.6 Å². The molecule has 3 rings (SSSR count). The van der Waals surface area contributed by atoms with E-state index < -0.39 is 10.9 Å². The molecule has 0 radical (unpaired) electrons. The van der Waals surface area contributed by atoms with Crippen LogP contribution in [0.5, 0.6) is 0 Å². The lowest BCUT2D eigenvalue weighted by Crippen LogP contribution is -1.96. The minimum absolute atomic E-state index is 0.0189. The molecule has 1 aromatic carbocycles. The van der Waals surface area contributed by atoms with Crippen LogP contribution in [0.15, 0.2) is 49.3 Å². The summed E-state index contributed by atoms with van der Waals surface area (Å²) in [6, 6.07) is 7.92. The maximum absolute atomic E-state index is 11.5. The van der Waals surface area contributed by atoms with Gasteiger partial charge in [-0.1, -0.05) is 12.1 Å². The fraction of sp³-hybridized carbons (Fsp3) is 0.118. The molecule has 0 spiro atoms. The van der Waals surface area contributed by atoms with E-state index in [4.69, 9.17) is 8.83 Å². The smallest absolute Gasteiger partial charge is 0.342 e. The number of carboxylic acid groups (broad SMARTS) is 1. The minimum Gasteiger partial charge on any atom is -0.477 e. The van der Waals surface area contributed by atoms with Crippen LogP contribution >= 0.6 is 11.8 Å². The minimum atomic E-state index is -1.18. The number of nitro groups is 1. The van der Waals surface area contributed by atoms with E-state index in [2.05, 4.69) is 10.2 Å². The Balaban J connectivity index is 1.89. The number of aromatic nitrogens is 2. The Hall–Kier alpha value is -3.40. The van der Waals surface area contributed by atoms with Crippen LogP contribution in [-0.2, 0) is 4.79 Å². The van der Waals surface area contributed by atoms with Crippen LogP contribution in [0.4, 0.5) is 5.69 Å². The summed E-state index contributed by atoms with van der Waals surface area (Å²) in [5, 5.41) is 27.9. The Morgan fingerprint density at radius 3 is 2.63 bits per heavy atom. The summed E-state index contributed by atoms with van der Waals surface area (Å²) in [4.78, 5) is 22.0. The molecule has 0 bridgehead atoms. The summed E-state index contributed by atoms with van der Waals surface area (Å²) >= 11 is 0.798. The van der Waals surface area contributed by atoms with E-state index in [0.717, 1.165) is 11.8 Å². The van der Waals surface area contributed by atoms with E-state index >= 15 is 0 Å². The number of benzene rings is 1. The second-order valence-electron chi connectivity index (χ2n) is 5.46. The van der Waals surface area contributed by atoms with E-state index in [0.29, 0.717) is 22.8 Å². The first-order valence-electron chi connectivity index (χ1n) is 7.61. The monoisotopic (exact) mass is 387 g/mol. The van der Waals surface area contributed by atoms with Crippen LogP contribution in [0, 0.1) is 24.0 Å². The zero-order valence-electron chi connectivity index (χ0n) is 14.2. The van der Waals surface area contributed by atoms with Gasteiger partial charge < -0.3 is 13.9 Å². The zero-order valence-corrected chi connectivity index (χ0v) is 15.0. The Labute approximate surface area is 156 Å². The quantitative estimate of drug-likeness (QED) is 0.287. The number of nitro benzene ring substituents is 1. The number of hydrogen-bond donors (Lipinski definition) is 1. The number of carboxylic acids is 1.